The van der Waals surface area contributed by atoms with E-state index in [4.69, 9.17) is 10.1 Å². The molecule has 26 heavy (non-hydrogen) atoms. The van der Waals surface area contributed by atoms with Gasteiger partial charge in [0.15, 0.2) is 6.67 Å². The van der Waals surface area contributed by atoms with E-state index < -0.39 is 0 Å². The maximum absolute atomic E-state index is 9.14. The molecule has 1 aromatic heterocycles. The monoisotopic (exact) mass is 349 g/mol. The number of nitrogens with zero attached hydrogens (tertiary/aromatic N) is 2. The Morgan fingerprint density at radius 3 is 2.65 bits per heavy atom. The van der Waals surface area contributed by atoms with Crippen molar-refractivity contribution in [3.05, 3.63) is 66.2 Å². The molecule has 134 valence electrons. The first-order valence-electron chi connectivity index (χ1n) is 9.23. The Morgan fingerprint density at radius 1 is 1.08 bits per heavy atom. The highest BCUT2D eigenvalue weighted by Crippen LogP contribution is 2.20. The van der Waals surface area contributed by atoms with Crippen molar-refractivity contribution in [2.75, 3.05) is 31.6 Å². The molecule has 0 saturated heterocycles. The normalized spacial score (nSPS) is 17.3. The van der Waals surface area contributed by atoms with Crippen LogP contribution < -0.4 is 10.2 Å². The zero-order chi connectivity index (χ0) is 17.8. The van der Waals surface area contributed by atoms with Crippen LogP contribution in [-0.4, -0.2) is 40.9 Å². The number of imidazole rings is 1. The van der Waals surface area contributed by atoms with Gasteiger partial charge in [0, 0.05) is 13.0 Å². The number of aliphatic hydroxyl groups excluding tert-OH is 1. The fourth-order valence-corrected chi connectivity index (χ4v) is 3.60. The first-order valence-corrected chi connectivity index (χ1v) is 9.23. The third-order valence-electron chi connectivity index (χ3n) is 4.96. The summed E-state index contributed by atoms with van der Waals surface area (Å²) in [6, 6.07) is 18.9. The molecule has 1 atom stereocenters. The van der Waals surface area contributed by atoms with E-state index in [1.54, 1.807) is 0 Å². The van der Waals surface area contributed by atoms with E-state index in [2.05, 4.69) is 58.4 Å². The molecule has 5 nitrogen and oxygen atoms in total. The average molecular weight is 349 g/mol. The Morgan fingerprint density at radius 2 is 1.88 bits per heavy atom. The van der Waals surface area contributed by atoms with Gasteiger partial charge in [-0.1, -0.05) is 42.5 Å². The van der Waals surface area contributed by atoms with Crippen molar-refractivity contribution in [3.63, 3.8) is 0 Å². The smallest absolute Gasteiger partial charge is 0.208 e. The van der Waals surface area contributed by atoms with Crippen molar-refractivity contribution in [1.29, 1.82) is 0 Å². The van der Waals surface area contributed by atoms with E-state index in [0.29, 0.717) is 6.54 Å². The van der Waals surface area contributed by atoms with Crippen LogP contribution in [0.1, 0.15) is 12.0 Å². The van der Waals surface area contributed by atoms with E-state index in [1.165, 1.54) is 16.0 Å². The van der Waals surface area contributed by atoms with Gasteiger partial charge in [0.05, 0.1) is 30.7 Å². The second kappa shape index (κ2) is 7.72. The zero-order valence-electron chi connectivity index (χ0n) is 14.9. The molecule has 0 radical (unpaired) electrons. The maximum Gasteiger partial charge on any atom is 0.208 e. The fraction of sp³-hybridized carbons (Fsp3) is 0.286. The van der Waals surface area contributed by atoms with Crippen molar-refractivity contribution in [3.8, 4) is 0 Å². The highest BCUT2D eigenvalue weighted by atomic mass is 16.3. The van der Waals surface area contributed by atoms with Crippen LogP contribution in [0.2, 0.25) is 0 Å². The average Bonchev–Trinajstić information content (AvgIpc) is 3.05. The number of para-hydroxylation sites is 2. The second-order valence-electron chi connectivity index (χ2n) is 6.71. The first-order chi connectivity index (χ1) is 12.8. The summed E-state index contributed by atoms with van der Waals surface area (Å²) < 4.78 is 2.24. The van der Waals surface area contributed by atoms with Gasteiger partial charge in [-0.25, -0.2) is 4.98 Å². The van der Waals surface area contributed by atoms with Crippen molar-refractivity contribution in [1.82, 2.24) is 9.55 Å². The number of benzene rings is 2. The van der Waals surface area contributed by atoms with E-state index >= 15 is 0 Å². The number of aliphatic hydroxyl groups is 1. The number of anilines is 1. The number of aromatic nitrogens is 2. The number of rotatable bonds is 6. The quantitative estimate of drug-likeness (QED) is 0.636. The molecule has 0 spiro atoms. The van der Waals surface area contributed by atoms with E-state index in [1.807, 2.05) is 12.1 Å². The van der Waals surface area contributed by atoms with Crippen molar-refractivity contribution < 1.29 is 10.0 Å². The summed E-state index contributed by atoms with van der Waals surface area (Å²) in [6.07, 6.45) is 3.46. The van der Waals surface area contributed by atoms with Crippen LogP contribution in [0.5, 0.6) is 0 Å². The predicted octanol–water partition coefficient (Wildman–Crippen LogP) is 1.77. The largest absolute Gasteiger partial charge is 0.395 e. The van der Waals surface area contributed by atoms with Gasteiger partial charge in [-0.2, -0.15) is 0 Å². The highest BCUT2D eigenvalue weighted by Gasteiger charge is 2.19. The van der Waals surface area contributed by atoms with Crippen molar-refractivity contribution in [2.24, 2.45) is 0 Å². The lowest BCUT2D eigenvalue weighted by atomic mass is 10.00. The molecule has 0 saturated carbocycles. The van der Waals surface area contributed by atoms with Gasteiger partial charge in [-0.05, 0) is 29.3 Å². The van der Waals surface area contributed by atoms with Gasteiger partial charge in [-0.3, -0.25) is 4.57 Å². The summed E-state index contributed by atoms with van der Waals surface area (Å²) >= 11 is 0. The topological polar surface area (TPSA) is 54.5 Å². The number of hydrogen-bond acceptors (Lipinski definition) is 3. The van der Waals surface area contributed by atoms with Crippen LogP contribution in [0.15, 0.2) is 60.7 Å². The van der Waals surface area contributed by atoms with Crippen LogP contribution in [-0.2, 0) is 6.67 Å². The Labute approximate surface area is 153 Å². The van der Waals surface area contributed by atoms with Gasteiger partial charge in [0.2, 0.25) is 5.95 Å². The Hall–Kier alpha value is -2.63. The van der Waals surface area contributed by atoms with Gasteiger partial charge in [0.25, 0.3) is 0 Å². The van der Waals surface area contributed by atoms with Gasteiger partial charge < -0.3 is 15.3 Å². The van der Waals surface area contributed by atoms with Crippen LogP contribution >= 0.6 is 0 Å². The number of hydrogen-bond donors (Lipinski definition) is 3. The summed E-state index contributed by atoms with van der Waals surface area (Å²) in [5, 5.41) is 12.4. The van der Waals surface area contributed by atoms with E-state index in [-0.39, 0.29) is 6.61 Å². The standard InChI is InChI=1S/C21H24N4O/c26-15-12-22-21-23-19-8-4-5-9-20(19)25(21)16-24-13-10-18(11-14-24)17-6-2-1-3-7-17/h1-10,26H,11-16H2,(H,22,23)/p+1. The zero-order valence-corrected chi connectivity index (χ0v) is 14.9. The molecule has 0 fully saturated rings. The molecule has 2 aromatic carbocycles. The SMILES string of the molecule is OCCNc1nc2ccccc2n1C[NH+]1CC=C(c2ccccc2)CC1. The Kier molecular flexibility index (Phi) is 5.00. The molecule has 1 unspecified atom stereocenters. The lowest BCUT2D eigenvalue weighted by molar-refractivity contribution is -0.917. The highest BCUT2D eigenvalue weighted by molar-refractivity contribution is 5.78. The maximum atomic E-state index is 9.14. The summed E-state index contributed by atoms with van der Waals surface area (Å²) in [6.45, 7) is 3.59. The molecule has 4 rings (SSSR count). The minimum Gasteiger partial charge on any atom is -0.395 e. The minimum absolute atomic E-state index is 0.100. The second-order valence-corrected chi connectivity index (χ2v) is 6.71. The third-order valence-corrected chi connectivity index (χ3v) is 4.96. The van der Waals surface area contributed by atoms with Crippen LogP contribution in [0.3, 0.4) is 0 Å². The molecule has 0 bridgehead atoms. The molecule has 1 aliphatic heterocycles. The summed E-state index contributed by atoms with van der Waals surface area (Å²) in [4.78, 5) is 6.20. The summed E-state index contributed by atoms with van der Waals surface area (Å²) in [5.41, 5.74) is 4.91. The molecule has 1 aliphatic rings. The molecule has 3 aromatic rings. The van der Waals surface area contributed by atoms with Gasteiger partial charge in [0.1, 0.15) is 0 Å². The predicted molar refractivity (Wildman–Crippen MR) is 105 cm³/mol. The molecular formula is C21H25N4O+. The molecule has 0 aliphatic carbocycles. The van der Waals surface area contributed by atoms with Crippen LogP contribution in [0.4, 0.5) is 5.95 Å². The first kappa shape index (κ1) is 16.8. The van der Waals surface area contributed by atoms with Crippen molar-refractivity contribution in [2.45, 2.75) is 13.1 Å². The number of nitrogens with one attached hydrogen (secondary N) is 2. The lowest BCUT2D eigenvalue weighted by Crippen LogP contribution is -3.11. The minimum atomic E-state index is 0.100. The molecule has 2 heterocycles. The van der Waals surface area contributed by atoms with Gasteiger partial charge >= 0.3 is 0 Å². The van der Waals surface area contributed by atoms with E-state index in [0.717, 1.165) is 43.2 Å². The molecule has 0 amide bonds. The number of fused-ring (bicyclic) bond motifs is 1. The van der Waals surface area contributed by atoms with E-state index in [9.17, 15) is 0 Å². The van der Waals surface area contributed by atoms with Crippen LogP contribution in [0, 0.1) is 0 Å². The van der Waals surface area contributed by atoms with Gasteiger partial charge in [-0.15, -0.1) is 0 Å². The Bertz CT molecular complexity index is 901. The molecule has 3 N–H and O–H groups in total. The fourth-order valence-electron chi connectivity index (χ4n) is 3.60. The Balaban J connectivity index is 1.53. The molecule has 5 heteroatoms. The molecular weight excluding hydrogens is 324 g/mol. The van der Waals surface area contributed by atoms with Crippen molar-refractivity contribution >= 4 is 22.6 Å². The lowest BCUT2D eigenvalue weighted by Gasteiger charge is -2.25. The summed E-state index contributed by atoms with van der Waals surface area (Å²) in [5.74, 6) is 0.839. The summed E-state index contributed by atoms with van der Waals surface area (Å²) in [7, 11) is 0. The third kappa shape index (κ3) is 3.49. The van der Waals surface area contributed by atoms with Crippen LogP contribution in [0.25, 0.3) is 16.6 Å². The number of quaternary nitrogens is 1.